The summed E-state index contributed by atoms with van der Waals surface area (Å²) in [5, 5.41) is 2.66. The number of hydrogen-bond donors (Lipinski definition) is 2. The Morgan fingerprint density at radius 1 is 1.26 bits per heavy atom. The molecular formula is C16H18N2O5. The highest BCUT2D eigenvalue weighted by Crippen LogP contribution is 2.15. The fourth-order valence-electron chi connectivity index (χ4n) is 2.32. The number of ketones is 2. The van der Waals surface area contributed by atoms with E-state index in [1.54, 1.807) is 18.2 Å². The SMILES string of the molecule is NC(C[C@@H]1CCNC1=O)C(=O)COC(=O)C(=O)c1ccccc1. The molecule has 7 heteroatoms. The zero-order chi connectivity index (χ0) is 16.8. The van der Waals surface area contributed by atoms with E-state index in [0.717, 1.165) is 0 Å². The minimum atomic E-state index is -1.10. The molecule has 0 saturated carbocycles. The minimum absolute atomic E-state index is 0.121. The second-order valence-corrected chi connectivity index (χ2v) is 5.36. The fourth-order valence-corrected chi connectivity index (χ4v) is 2.32. The molecule has 122 valence electrons. The van der Waals surface area contributed by atoms with Gasteiger partial charge in [0.2, 0.25) is 5.91 Å². The van der Waals surface area contributed by atoms with Crippen LogP contribution in [0.1, 0.15) is 23.2 Å². The van der Waals surface area contributed by atoms with E-state index >= 15 is 0 Å². The van der Waals surface area contributed by atoms with Gasteiger partial charge in [0.15, 0.2) is 12.4 Å². The first-order valence-electron chi connectivity index (χ1n) is 7.31. The maximum atomic E-state index is 11.9. The van der Waals surface area contributed by atoms with Crippen LogP contribution < -0.4 is 11.1 Å². The number of carbonyl (C=O) groups is 4. The average Bonchev–Trinajstić information content (AvgIpc) is 2.97. The molecule has 0 aliphatic carbocycles. The van der Waals surface area contributed by atoms with E-state index < -0.39 is 30.2 Å². The molecule has 1 saturated heterocycles. The van der Waals surface area contributed by atoms with Gasteiger partial charge in [0.1, 0.15) is 0 Å². The highest BCUT2D eigenvalue weighted by Gasteiger charge is 2.29. The van der Waals surface area contributed by atoms with Crippen LogP contribution in [-0.2, 0) is 19.1 Å². The van der Waals surface area contributed by atoms with Crippen molar-refractivity contribution in [1.29, 1.82) is 0 Å². The quantitative estimate of drug-likeness (QED) is 0.410. The molecule has 1 unspecified atom stereocenters. The Morgan fingerprint density at radius 3 is 2.57 bits per heavy atom. The third-order valence-electron chi connectivity index (χ3n) is 3.68. The largest absolute Gasteiger partial charge is 0.452 e. The summed E-state index contributed by atoms with van der Waals surface area (Å²) in [5.41, 5.74) is 5.92. The van der Waals surface area contributed by atoms with E-state index in [-0.39, 0.29) is 23.8 Å². The molecule has 0 bridgehead atoms. The summed E-state index contributed by atoms with van der Waals surface area (Å²) in [4.78, 5) is 46.7. The zero-order valence-corrected chi connectivity index (χ0v) is 12.5. The summed E-state index contributed by atoms with van der Waals surface area (Å²) in [6, 6.07) is 7.02. The van der Waals surface area contributed by atoms with E-state index in [4.69, 9.17) is 10.5 Å². The van der Waals surface area contributed by atoms with E-state index in [1.807, 2.05) is 0 Å². The number of carbonyl (C=O) groups excluding carboxylic acids is 4. The Morgan fingerprint density at radius 2 is 1.96 bits per heavy atom. The van der Waals surface area contributed by atoms with Gasteiger partial charge in [0, 0.05) is 18.0 Å². The highest BCUT2D eigenvalue weighted by molar-refractivity contribution is 6.40. The van der Waals surface area contributed by atoms with Crippen LogP contribution in [0, 0.1) is 5.92 Å². The Kier molecular flexibility index (Phi) is 5.59. The van der Waals surface area contributed by atoms with Crippen LogP contribution in [0.2, 0.25) is 0 Å². The van der Waals surface area contributed by atoms with Gasteiger partial charge in [-0.2, -0.15) is 0 Å². The molecule has 1 aliphatic heterocycles. The molecule has 0 aromatic heterocycles. The standard InChI is InChI=1S/C16H18N2O5/c17-12(8-11-6-7-18-15(11)21)13(19)9-23-16(22)14(20)10-4-2-1-3-5-10/h1-5,11-12H,6-9,17H2,(H,18,21)/t11-,12?/m0/s1. The van der Waals surface area contributed by atoms with Crippen LogP contribution in [-0.4, -0.2) is 42.6 Å². The number of nitrogens with one attached hydrogen (secondary N) is 1. The Bertz CT molecular complexity index is 614. The third kappa shape index (κ3) is 4.46. The number of nitrogens with two attached hydrogens (primary N) is 1. The molecule has 0 spiro atoms. The van der Waals surface area contributed by atoms with Gasteiger partial charge in [-0.15, -0.1) is 0 Å². The van der Waals surface area contributed by atoms with Gasteiger partial charge in [-0.05, 0) is 12.8 Å². The van der Waals surface area contributed by atoms with Crippen molar-refractivity contribution in [1.82, 2.24) is 5.32 Å². The molecule has 1 fully saturated rings. The first-order chi connectivity index (χ1) is 11.0. The van der Waals surface area contributed by atoms with Crippen molar-refractivity contribution in [3.05, 3.63) is 35.9 Å². The summed E-state index contributed by atoms with van der Waals surface area (Å²) < 4.78 is 4.71. The number of hydrogen-bond acceptors (Lipinski definition) is 6. The smallest absolute Gasteiger partial charge is 0.380 e. The lowest BCUT2D eigenvalue weighted by Crippen LogP contribution is -2.37. The summed E-state index contributed by atoms with van der Waals surface area (Å²) in [6.45, 7) is -0.00210. The number of rotatable bonds is 7. The van der Waals surface area contributed by atoms with Crippen LogP contribution in [0.4, 0.5) is 0 Å². The maximum Gasteiger partial charge on any atom is 0.380 e. The first-order valence-corrected chi connectivity index (χ1v) is 7.31. The van der Waals surface area contributed by atoms with Crippen LogP contribution in [0.25, 0.3) is 0 Å². The van der Waals surface area contributed by atoms with E-state index in [0.29, 0.717) is 13.0 Å². The van der Waals surface area contributed by atoms with Crippen LogP contribution in [0.15, 0.2) is 30.3 Å². The third-order valence-corrected chi connectivity index (χ3v) is 3.68. The van der Waals surface area contributed by atoms with Crippen molar-refractivity contribution in [2.75, 3.05) is 13.2 Å². The summed E-state index contributed by atoms with van der Waals surface area (Å²) in [5.74, 6) is -2.85. The minimum Gasteiger partial charge on any atom is -0.452 e. The number of Topliss-reactive ketones (excluding diaryl/α,β-unsaturated/α-hetero) is 2. The second kappa shape index (κ2) is 7.64. The molecule has 23 heavy (non-hydrogen) atoms. The van der Waals surface area contributed by atoms with Gasteiger partial charge >= 0.3 is 5.97 Å². The van der Waals surface area contributed by atoms with E-state index in [1.165, 1.54) is 12.1 Å². The molecule has 1 amide bonds. The van der Waals surface area contributed by atoms with Crippen molar-refractivity contribution >= 4 is 23.4 Å². The van der Waals surface area contributed by atoms with Crippen molar-refractivity contribution in [2.24, 2.45) is 11.7 Å². The molecule has 1 aromatic rings. The number of esters is 1. The zero-order valence-electron chi connectivity index (χ0n) is 12.5. The average molecular weight is 318 g/mol. The fraction of sp³-hybridized carbons (Fsp3) is 0.375. The van der Waals surface area contributed by atoms with Crippen molar-refractivity contribution < 1.29 is 23.9 Å². The highest BCUT2D eigenvalue weighted by atomic mass is 16.5. The number of amides is 1. The van der Waals surface area contributed by atoms with Crippen LogP contribution in [0.3, 0.4) is 0 Å². The van der Waals surface area contributed by atoms with Crippen molar-refractivity contribution in [3.8, 4) is 0 Å². The normalized spacial score (nSPS) is 18.1. The molecule has 1 aliphatic rings. The topological polar surface area (TPSA) is 116 Å². The molecule has 2 rings (SSSR count). The Balaban J connectivity index is 1.80. The molecule has 1 aromatic carbocycles. The predicted octanol–water partition coefficient (Wildman–Crippen LogP) is -0.165. The molecule has 1 heterocycles. The van der Waals surface area contributed by atoms with E-state index in [9.17, 15) is 19.2 Å². The van der Waals surface area contributed by atoms with Crippen LogP contribution >= 0.6 is 0 Å². The summed E-state index contributed by atoms with van der Waals surface area (Å²) >= 11 is 0. The van der Waals surface area contributed by atoms with Crippen molar-refractivity contribution in [2.45, 2.75) is 18.9 Å². The lowest BCUT2D eigenvalue weighted by Gasteiger charge is -2.13. The first kappa shape index (κ1) is 16.8. The summed E-state index contributed by atoms with van der Waals surface area (Å²) in [6.07, 6.45) is 0.834. The lowest BCUT2D eigenvalue weighted by atomic mass is 9.97. The second-order valence-electron chi connectivity index (χ2n) is 5.36. The molecule has 3 N–H and O–H groups in total. The van der Waals surface area contributed by atoms with Crippen LogP contribution in [0.5, 0.6) is 0 Å². The molecule has 0 radical (unpaired) electrons. The van der Waals surface area contributed by atoms with Gasteiger partial charge < -0.3 is 15.8 Å². The number of ether oxygens (including phenoxy) is 1. The maximum absolute atomic E-state index is 11.9. The molecule has 7 nitrogen and oxygen atoms in total. The van der Waals surface area contributed by atoms with Crippen molar-refractivity contribution in [3.63, 3.8) is 0 Å². The lowest BCUT2D eigenvalue weighted by molar-refractivity contribution is -0.143. The van der Waals surface area contributed by atoms with Gasteiger partial charge in [0.05, 0.1) is 6.04 Å². The molecular weight excluding hydrogens is 300 g/mol. The summed E-state index contributed by atoms with van der Waals surface area (Å²) in [7, 11) is 0. The predicted molar refractivity (Wildman–Crippen MR) is 80.4 cm³/mol. The van der Waals surface area contributed by atoms with Gasteiger partial charge in [-0.1, -0.05) is 30.3 Å². The monoisotopic (exact) mass is 318 g/mol. The Labute approximate surface area is 133 Å². The molecule has 2 atom stereocenters. The van der Waals surface area contributed by atoms with Gasteiger partial charge in [0.25, 0.3) is 5.78 Å². The Hall–Kier alpha value is -2.54. The van der Waals surface area contributed by atoms with Gasteiger partial charge in [-0.3, -0.25) is 14.4 Å². The van der Waals surface area contributed by atoms with Gasteiger partial charge in [-0.25, -0.2) is 4.79 Å². The number of benzene rings is 1. The van der Waals surface area contributed by atoms with E-state index in [2.05, 4.69) is 5.32 Å².